The van der Waals surface area contributed by atoms with E-state index in [0.29, 0.717) is 34.7 Å². The largest absolute Gasteiger partial charge is 0.285 e. The molecule has 7 heteroatoms. The fourth-order valence-electron chi connectivity index (χ4n) is 3.27. The number of hydrogen-bond acceptors (Lipinski definition) is 4. The molecule has 0 N–H and O–H groups in total. The predicted octanol–water partition coefficient (Wildman–Crippen LogP) is 3.43. The van der Waals surface area contributed by atoms with Crippen LogP contribution in [0.15, 0.2) is 70.7 Å². The van der Waals surface area contributed by atoms with E-state index in [-0.39, 0.29) is 5.56 Å². The van der Waals surface area contributed by atoms with Gasteiger partial charge in [0.2, 0.25) is 0 Å². The normalized spacial score (nSPS) is 13.4. The highest BCUT2D eigenvalue weighted by Gasteiger charge is 2.20. The Bertz CT molecular complexity index is 1240. The van der Waals surface area contributed by atoms with Gasteiger partial charge in [-0.3, -0.25) is 4.79 Å². The summed E-state index contributed by atoms with van der Waals surface area (Å²) in [6.45, 7) is 0. The first-order valence-electron chi connectivity index (χ1n) is 8.59. The molecule has 3 heterocycles. The third kappa shape index (κ3) is 2.65. The summed E-state index contributed by atoms with van der Waals surface area (Å²) in [6, 6.07) is 17.1. The Morgan fingerprint density at radius 3 is 2.52 bits per heavy atom. The predicted molar refractivity (Wildman–Crippen MR) is 105 cm³/mol. The highest BCUT2D eigenvalue weighted by molar-refractivity contribution is 6.30. The van der Waals surface area contributed by atoms with Gasteiger partial charge in [-0.15, -0.1) is 0 Å². The van der Waals surface area contributed by atoms with Gasteiger partial charge in [-0.1, -0.05) is 41.9 Å². The van der Waals surface area contributed by atoms with Crippen molar-refractivity contribution in [3.63, 3.8) is 0 Å². The standard InChI is InChI=1S/C20H14ClN5O/c21-14-8-6-13(7-9-14)17-10-11-18-23-19-16(20(27)26(18)24-17)12-22-25(19)15-4-2-1-3-5-15/h1-9,12H,10-11H2. The Morgan fingerprint density at radius 1 is 0.963 bits per heavy atom. The van der Waals surface area contributed by atoms with Gasteiger partial charge in [0.1, 0.15) is 11.2 Å². The van der Waals surface area contributed by atoms with Crippen LogP contribution in [0.1, 0.15) is 17.8 Å². The fourth-order valence-corrected chi connectivity index (χ4v) is 3.40. The van der Waals surface area contributed by atoms with E-state index in [1.165, 1.54) is 4.68 Å². The van der Waals surface area contributed by atoms with E-state index in [1.807, 2.05) is 54.6 Å². The minimum atomic E-state index is -0.205. The van der Waals surface area contributed by atoms with E-state index in [9.17, 15) is 4.79 Å². The van der Waals surface area contributed by atoms with Gasteiger partial charge in [-0.25, -0.2) is 9.67 Å². The average molecular weight is 376 g/mol. The molecular weight excluding hydrogens is 362 g/mol. The lowest BCUT2D eigenvalue weighted by molar-refractivity contribution is 0.685. The Labute approximate surface area is 159 Å². The highest BCUT2D eigenvalue weighted by Crippen LogP contribution is 2.19. The minimum Gasteiger partial charge on any atom is -0.266 e. The third-order valence-electron chi connectivity index (χ3n) is 4.63. The van der Waals surface area contributed by atoms with E-state index in [2.05, 4.69) is 10.2 Å². The molecule has 5 rings (SSSR count). The van der Waals surface area contributed by atoms with Gasteiger partial charge in [0.15, 0.2) is 5.65 Å². The summed E-state index contributed by atoms with van der Waals surface area (Å²) in [5.41, 5.74) is 3.02. The Kier molecular flexibility index (Phi) is 3.65. The molecule has 0 radical (unpaired) electrons. The van der Waals surface area contributed by atoms with Gasteiger partial charge in [-0.05, 0) is 36.2 Å². The lowest BCUT2D eigenvalue weighted by Crippen LogP contribution is -2.27. The Balaban J connectivity index is 1.67. The fraction of sp³-hybridized carbons (Fsp3) is 0.100. The number of aryl methyl sites for hydroxylation is 1. The first-order chi connectivity index (χ1) is 13.2. The van der Waals surface area contributed by atoms with Crippen molar-refractivity contribution < 1.29 is 0 Å². The SMILES string of the molecule is O=c1c2cnn(-c3ccccc3)c2nc2n1N=C(c1ccc(Cl)cc1)CC2. The van der Waals surface area contributed by atoms with Crippen molar-refractivity contribution in [1.29, 1.82) is 0 Å². The number of para-hydroxylation sites is 1. The molecule has 0 unspecified atom stereocenters. The molecule has 0 aliphatic carbocycles. The maximum Gasteiger partial charge on any atom is 0.285 e. The summed E-state index contributed by atoms with van der Waals surface area (Å²) in [7, 11) is 0. The minimum absolute atomic E-state index is 0.205. The number of rotatable bonds is 2. The molecule has 2 aromatic heterocycles. The van der Waals surface area contributed by atoms with Crippen LogP contribution in [0.4, 0.5) is 0 Å². The molecular formula is C20H14ClN5O. The summed E-state index contributed by atoms with van der Waals surface area (Å²) in [6.07, 6.45) is 2.89. The van der Waals surface area contributed by atoms with Crippen LogP contribution in [0.25, 0.3) is 16.7 Å². The van der Waals surface area contributed by atoms with Crippen molar-refractivity contribution in [2.75, 3.05) is 0 Å². The molecule has 1 aliphatic rings. The van der Waals surface area contributed by atoms with Crippen LogP contribution in [0.5, 0.6) is 0 Å². The van der Waals surface area contributed by atoms with Crippen molar-refractivity contribution in [3.05, 3.63) is 87.6 Å². The van der Waals surface area contributed by atoms with Gasteiger partial charge in [0, 0.05) is 11.4 Å². The number of hydrogen-bond donors (Lipinski definition) is 0. The second-order valence-corrected chi connectivity index (χ2v) is 6.76. The molecule has 2 aromatic carbocycles. The monoisotopic (exact) mass is 375 g/mol. The highest BCUT2D eigenvalue weighted by atomic mass is 35.5. The molecule has 0 saturated heterocycles. The summed E-state index contributed by atoms with van der Waals surface area (Å²) in [5.74, 6) is 0.642. The quantitative estimate of drug-likeness (QED) is 0.539. The number of aromatic nitrogens is 4. The second-order valence-electron chi connectivity index (χ2n) is 6.33. The van der Waals surface area contributed by atoms with Crippen LogP contribution < -0.4 is 5.56 Å². The summed E-state index contributed by atoms with van der Waals surface area (Å²) >= 11 is 5.96. The van der Waals surface area contributed by atoms with Gasteiger partial charge in [0.05, 0.1) is 17.6 Å². The molecule has 4 aromatic rings. The number of fused-ring (bicyclic) bond motifs is 2. The lowest BCUT2D eigenvalue weighted by atomic mass is 10.0. The van der Waals surface area contributed by atoms with Crippen molar-refractivity contribution in [3.8, 4) is 5.69 Å². The smallest absolute Gasteiger partial charge is 0.266 e. The van der Waals surface area contributed by atoms with E-state index in [1.54, 1.807) is 10.9 Å². The molecule has 0 spiro atoms. The summed E-state index contributed by atoms with van der Waals surface area (Å²) in [4.78, 5) is 17.7. The first kappa shape index (κ1) is 16.0. The van der Waals surface area contributed by atoms with E-state index in [0.717, 1.165) is 17.0 Å². The van der Waals surface area contributed by atoms with E-state index >= 15 is 0 Å². The van der Waals surface area contributed by atoms with Crippen molar-refractivity contribution >= 4 is 28.3 Å². The summed E-state index contributed by atoms with van der Waals surface area (Å²) < 4.78 is 3.09. The maximum absolute atomic E-state index is 13.0. The molecule has 1 aliphatic heterocycles. The molecule has 132 valence electrons. The average Bonchev–Trinajstić information content (AvgIpc) is 3.13. The van der Waals surface area contributed by atoms with Gasteiger partial charge in [0.25, 0.3) is 5.56 Å². The maximum atomic E-state index is 13.0. The van der Waals surface area contributed by atoms with Crippen molar-refractivity contribution in [2.45, 2.75) is 12.8 Å². The lowest BCUT2D eigenvalue weighted by Gasteiger charge is -2.16. The number of benzene rings is 2. The van der Waals surface area contributed by atoms with Gasteiger partial charge < -0.3 is 0 Å². The van der Waals surface area contributed by atoms with E-state index < -0.39 is 0 Å². The van der Waals surface area contributed by atoms with Crippen LogP contribution in [0.3, 0.4) is 0 Å². The Hall–Kier alpha value is -3.25. The van der Waals surface area contributed by atoms with Crippen LogP contribution in [0, 0.1) is 0 Å². The van der Waals surface area contributed by atoms with Crippen molar-refractivity contribution in [1.82, 2.24) is 19.4 Å². The topological polar surface area (TPSA) is 65.1 Å². The van der Waals surface area contributed by atoms with Crippen LogP contribution in [-0.4, -0.2) is 25.2 Å². The second kappa shape index (κ2) is 6.17. The zero-order valence-corrected chi connectivity index (χ0v) is 15.0. The molecule has 0 bridgehead atoms. The van der Waals surface area contributed by atoms with Crippen LogP contribution >= 0.6 is 11.6 Å². The number of nitrogens with zero attached hydrogens (tertiary/aromatic N) is 5. The van der Waals surface area contributed by atoms with Crippen LogP contribution in [-0.2, 0) is 6.42 Å². The molecule has 0 atom stereocenters. The Morgan fingerprint density at radius 2 is 1.74 bits per heavy atom. The summed E-state index contributed by atoms with van der Waals surface area (Å²) in [5, 5.41) is 10.0. The van der Waals surface area contributed by atoms with Crippen molar-refractivity contribution in [2.24, 2.45) is 5.10 Å². The molecule has 0 fully saturated rings. The molecule has 0 amide bonds. The zero-order chi connectivity index (χ0) is 18.4. The molecule has 27 heavy (non-hydrogen) atoms. The zero-order valence-electron chi connectivity index (χ0n) is 14.2. The first-order valence-corrected chi connectivity index (χ1v) is 8.97. The molecule has 6 nitrogen and oxygen atoms in total. The van der Waals surface area contributed by atoms with Gasteiger partial charge >= 0.3 is 0 Å². The number of halogens is 1. The van der Waals surface area contributed by atoms with Crippen LogP contribution in [0.2, 0.25) is 5.02 Å². The van der Waals surface area contributed by atoms with Gasteiger partial charge in [-0.2, -0.15) is 14.9 Å². The van der Waals surface area contributed by atoms with E-state index in [4.69, 9.17) is 16.6 Å². The molecule has 0 saturated carbocycles. The third-order valence-corrected chi connectivity index (χ3v) is 4.88.